The van der Waals surface area contributed by atoms with Crippen molar-refractivity contribution in [3.05, 3.63) is 53.6 Å². The first-order valence-electron chi connectivity index (χ1n) is 13.9. The summed E-state index contributed by atoms with van der Waals surface area (Å²) in [5.41, 5.74) is 1.86. The third-order valence-corrected chi connectivity index (χ3v) is 10.9. The Kier molecular flexibility index (Phi) is 3.96. The van der Waals surface area contributed by atoms with Gasteiger partial charge in [-0.3, -0.25) is 14.6 Å². The van der Waals surface area contributed by atoms with Crippen LogP contribution in [0, 0.1) is 11.8 Å². The van der Waals surface area contributed by atoms with Crippen LogP contribution in [-0.2, 0) is 26.1 Å². The maximum absolute atomic E-state index is 14.3. The molecule has 6 atom stereocenters. The van der Waals surface area contributed by atoms with Crippen LogP contribution in [0.4, 0.5) is 5.69 Å². The summed E-state index contributed by atoms with van der Waals surface area (Å²) < 4.78 is 26.3. The fourth-order valence-electron chi connectivity index (χ4n) is 9.54. The summed E-state index contributed by atoms with van der Waals surface area (Å²) in [5.74, 6) is 2.28. The molecule has 2 aromatic rings. The molecule has 1 spiro atoms. The first-order valence-corrected chi connectivity index (χ1v) is 13.9. The van der Waals surface area contributed by atoms with Gasteiger partial charge in [0.25, 0.3) is 5.91 Å². The van der Waals surface area contributed by atoms with Crippen molar-refractivity contribution in [3.8, 4) is 11.5 Å². The lowest BCUT2D eigenvalue weighted by molar-refractivity contribution is -0.214. The van der Waals surface area contributed by atoms with Gasteiger partial charge in [0.1, 0.15) is 6.10 Å². The zero-order chi connectivity index (χ0) is 24.6. The Morgan fingerprint density at radius 2 is 1.95 bits per heavy atom. The van der Waals surface area contributed by atoms with Crippen molar-refractivity contribution in [1.82, 2.24) is 4.90 Å². The molecule has 3 aliphatic carbocycles. The highest BCUT2D eigenvalue weighted by Gasteiger charge is 2.85. The quantitative estimate of drug-likeness (QED) is 0.639. The summed E-state index contributed by atoms with van der Waals surface area (Å²) >= 11 is 0. The molecule has 7 aliphatic rings. The largest absolute Gasteiger partial charge is 0.493 e. The molecule has 4 aliphatic heterocycles. The molecule has 5 fully saturated rings. The highest BCUT2D eigenvalue weighted by molar-refractivity contribution is 6.02. The van der Waals surface area contributed by atoms with Crippen molar-refractivity contribution >= 4 is 11.6 Å². The Morgan fingerprint density at radius 3 is 2.76 bits per heavy atom. The van der Waals surface area contributed by atoms with Crippen LogP contribution in [0.25, 0.3) is 0 Å². The van der Waals surface area contributed by atoms with Crippen LogP contribution >= 0.6 is 0 Å². The summed E-state index contributed by atoms with van der Waals surface area (Å²) in [7, 11) is 1.70. The Morgan fingerprint density at radius 1 is 1.08 bits per heavy atom. The number of nitrogens with zero attached hydrogens (tertiary/aromatic N) is 2. The second-order valence-corrected chi connectivity index (χ2v) is 12.2. The number of ether oxygens (including phenoxy) is 4. The van der Waals surface area contributed by atoms with Gasteiger partial charge in [-0.05, 0) is 74.8 Å². The Balaban J connectivity index is 1.32. The highest BCUT2D eigenvalue weighted by atomic mass is 16.7. The number of piperidine rings is 1. The van der Waals surface area contributed by atoms with Gasteiger partial charge in [0.15, 0.2) is 24.0 Å². The van der Waals surface area contributed by atoms with Crippen molar-refractivity contribution in [2.75, 3.05) is 31.9 Å². The number of hydrogen-bond acceptors (Lipinski definition) is 6. The molecule has 3 saturated heterocycles. The predicted octanol–water partition coefficient (Wildman–Crippen LogP) is 3.63. The summed E-state index contributed by atoms with van der Waals surface area (Å²) in [6.45, 7) is 2.23. The summed E-state index contributed by atoms with van der Waals surface area (Å²) in [6.07, 6.45) is 5.64. The third kappa shape index (κ3) is 2.31. The van der Waals surface area contributed by atoms with Crippen LogP contribution in [0.3, 0.4) is 0 Å². The number of carbonyl (C=O) groups is 1. The van der Waals surface area contributed by atoms with Crippen molar-refractivity contribution in [2.24, 2.45) is 11.8 Å². The minimum Gasteiger partial charge on any atom is -0.493 e. The van der Waals surface area contributed by atoms with Gasteiger partial charge in [0.2, 0.25) is 0 Å². The van der Waals surface area contributed by atoms with E-state index in [9.17, 15) is 4.79 Å². The molecule has 2 aromatic carbocycles. The van der Waals surface area contributed by atoms with Crippen molar-refractivity contribution < 1.29 is 23.7 Å². The average Bonchev–Trinajstić information content (AvgIpc) is 3.64. The van der Waals surface area contributed by atoms with Gasteiger partial charge in [-0.2, -0.15) is 0 Å². The maximum atomic E-state index is 14.3. The van der Waals surface area contributed by atoms with Gasteiger partial charge in [-0.15, -0.1) is 0 Å². The molecule has 192 valence electrons. The van der Waals surface area contributed by atoms with Gasteiger partial charge in [0.05, 0.1) is 18.6 Å². The number of methoxy groups -OCH3 is 1. The van der Waals surface area contributed by atoms with E-state index in [1.807, 2.05) is 41.3 Å². The molecule has 5 bridgehead atoms. The molecule has 5 unspecified atom stereocenters. The molecule has 2 saturated carbocycles. The van der Waals surface area contributed by atoms with E-state index in [-0.39, 0.29) is 30.1 Å². The van der Waals surface area contributed by atoms with Crippen LogP contribution in [-0.4, -0.2) is 61.3 Å². The molecule has 0 aromatic heterocycles. The Bertz CT molecular complexity index is 1330. The van der Waals surface area contributed by atoms with Gasteiger partial charge in [-0.1, -0.05) is 24.3 Å². The topological polar surface area (TPSA) is 60.5 Å². The molecule has 7 heteroatoms. The predicted molar refractivity (Wildman–Crippen MR) is 135 cm³/mol. The normalized spacial score (nSPS) is 40.7. The lowest BCUT2D eigenvalue weighted by atomic mass is 9.45. The molecule has 0 radical (unpaired) electrons. The molecule has 1 amide bonds. The maximum Gasteiger partial charge on any atom is 0.259 e. The van der Waals surface area contributed by atoms with E-state index in [2.05, 4.69) is 11.0 Å². The second-order valence-electron chi connectivity index (χ2n) is 12.2. The Labute approximate surface area is 216 Å². The molecular formula is C30H32N2O5. The van der Waals surface area contributed by atoms with Gasteiger partial charge in [0, 0.05) is 29.3 Å². The fourth-order valence-corrected chi connectivity index (χ4v) is 9.54. The SMILES string of the molecule is COc1ccc2c3c1OCOC14CCC56O[C@H](C(=O)N1c1ccccc1)C4C35CCN(CC1CC1)C6C2. The van der Waals surface area contributed by atoms with Crippen molar-refractivity contribution in [3.63, 3.8) is 0 Å². The first kappa shape index (κ1) is 21.3. The fraction of sp³-hybridized carbons (Fsp3) is 0.567. The van der Waals surface area contributed by atoms with E-state index in [0.717, 1.165) is 61.9 Å². The first-order chi connectivity index (χ1) is 18.1. The minimum absolute atomic E-state index is 0.0336. The van der Waals surface area contributed by atoms with E-state index in [4.69, 9.17) is 18.9 Å². The van der Waals surface area contributed by atoms with E-state index in [0.29, 0.717) is 0 Å². The van der Waals surface area contributed by atoms with E-state index in [1.165, 1.54) is 24.0 Å². The molecule has 7 nitrogen and oxygen atoms in total. The number of likely N-dealkylation sites (tertiary alicyclic amines) is 1. The van der Waals surface area contributed by atoms with E-state index >= 15 is 0 Å². The van der Waals surface area contributed by atoms with Gasteiger partial charge in [-0.25, -0.2) is 0 Å². The number of anilines is 1. The van der Waals surface area contributed by atoms with Gasteiger partial charge < -0.3 is 18.9 Å². The van der Waals surface area contributed by atoms with Crippen molar-refractivity contribution in [1.29, 1.82) is 0 Å². The lowest BCUT2D eigenvalue weighted by Gasteiger charge is -2.67. The number of para-hydroxylation sites is 1. The third-order valence-electron chi connectivity index (χ3n) is 10.9. The monoisotopic (exact) mass is 500 g/mol. The van der Waals surface area contributed by atoms with Crippen LogP contribution in [0.15, 0.2) is 42.5 Å². The van der Waals surface area contributed by atoms with Crippen LogP contribution < -0.4 is 14.4 Å². The molecule has 9 rings (SSSR count). The smallest absolute Gasteiger partial charge is 0.259 e. The standard InChI is InChI=1S/C30H32N2O5/c1-34-21-10-9-19-15-22-29-11-12-30-26(25(37-29)27(33)32(30)20-5-3-2-4-6-20)28(29,23(19)24(21)35-17-36-30)13-14-31(22)16-18-7-8-18/h2-6,9-10,18,22,25-26H,7-8,11-17H2,1H3/t22?,25-,26?,28?,29?,30?/m0/s1. The zero-order valence-corrected chi connectivity index (χ0v) is 21.2. The highest BCUT2D eigenvalue weighted by Crippen LogP contribution is 2.74. The summed E-state index contributed by atoms with van der Waals surface area (Å²) in [6, 6.07) is 14.5. The molecular weight excluding hydrogens is 468 g/mol. The zero-order valence-electron chi connectivity index (χ0n) is 21.2. The van der Waals surface area contributed by atoms with Crippen LogP contribution in [0.1, 0.15) is 43.2 Å². The van der Waals surface area contributed by atoms with Gasteiger partial charge >= 0.3 is 0 Å². The second kappa shape index (κ2) is 6.87. The minimum atomic E-state index is -0.790. The molecule has 4 heterocycles. The average molecular weight is 501 g/mol. The summed E-state index contributed by atoms with van der Waals surface area (Å²) in [5, 5.41) is 0. The van der Waals surface area contributed by atoms with Crippen LogP contribution in [0.5, 0.6) is 11.5 Å². The Hall–Kier alpha value is -2.61. The van der Waals surface area contributed by atoms with Crippen molar-refractivity contribution in [2.45, 2.75) is 67.4 Å². The molecule has 37 heavy (non-hydrogen) atoms. The number of benzene rings is 2. The number of hydrogen-bond donors (Lipinski definition) is 0. The number of amides is 1. The lowest BCUT2D eigenvalue weighted by Crippen LogP contribution is -2.77. The molecule has 0 N–H and O–H groups in total. The number of carbonyl (C=O) groups excluding carboxylic acids is 1. The summed E-state index contributed by atoms with van der Waals surface area (Å²) in [4.78, 5) is 19.0. The van der Waals surface area contributed by atoms with Crippen LogP contribution in [0.2, 0.25) is 0 Å². The van der Waals surface area contributed by atoms with E-state index < -0.39 is 17.4 Å². The number of rotatable bonds is 4. The van der Waals surface area contributed by atoms with E-state index in [1.54, 1.807) is 7.11 Å².